The molecule has 1 atom stereocenters. The molecule has 0 radical (unpaired) electrons. The highest BCUT2D eigenvalue weighted by Gasteiger charge is 2.30. The van der Waals surface area contributed by atoms with Gasteiger partial charge in [-0.1, -0.05) is 24.3 Å². The van der Waals surface area contributed by atoms with Crippen LogP contribution in [0.3, 0.4) is 0 Å². The van der Waals surface area contributed by atoms with Gasteiger partial charge in [0.25, 0.3) is 0 Å². The third-order valence-corrected chi connectivity index (χ3v) is 5.21. The molecule has 1 unspecified atom stereocenters. The Labute approximate surface area is 169 Å². The molecule has 6 nitrogen and oxygen atoms in total. The minimum atomic E-state index is -0.966. The number of carboxylic acids is 1. The summed E-state index contributed by atoms with van der Waals surface area (Å²) in [4.78, 5) is 20.3. The summed E-state index contributed by atoms with van der Waals surface area (Å²) in [6.45, 7) is 0.534. The standard InChI is InChI=1S/C23H22N2O4/c1-28-20(23(26)27)14-15-6-8-16(9-7-15)29-13-10-19-21-17(4-2-11-24-21)18-5-3-12-25-22(18)19/h2-9,11-12,19-20H,10,13-14H2,1H3,(H,26,27). The van der Waals surface area contributed by atoms with Crippen LogP contribution in [0.25, 0.3) is 11.1 Å². The summed E-state index contributed by atoms with van der Waals surface area (Å²) >= 11 is 0. The van der Waals surface area contributed by atoms with Crippen LogP contribution in [0.2, 0.25) is 0 Å². The Balaban J connectivity index is 1.39. The Morgan fingerprint density at radius 3 is 2.21 bits per heavy atom. The minimum absolute atomic E-state index is 0.125. The number of aliphatic carboxylic acids is 1. The molecule has 1 N–H and O–H groups in total. The lowest BCUT2D eigenvalue weighted by Gasteiger charge is -2.13. The largest absolute Gasteiger partial charge is 0.494 e. The van der Waals surface area contributed by atoms with Gasteiger partial charge in [-0.05, 0) is 36.2 Å². The van der Waals surface area contributed by atoms with E-state index >= 15 is 0 Å². The number of hydrogen-bond acceptors (Lipinski definition) is 5. The number of benzene rings is 1. The van der Waals surface area contributed by atoms with E-state index < -0.39 is 12.1 Å². The van der Waals surface area contributed by atoms with Gasteiger partial charge in [0, 0.05) is 43.0 Å². The van der Waals surface area contributed by atoms with Gasteiger partial charge < -0.3 is 14.6 Å². The molecule has 1 aliphatic carbocycles. The molecule has 1 aliphatic rings. The van der Waals surface area contributed by atoms with Gasteiger partial charge in [-0.3, -0.25) is 9.97 Å². The first-order valence-electron chi connectivity index (χ1n) is 9.55. The normalized spacial score (nSPS) is 13.6. The highest BCUT2D eigenvalue weighted by molar-refractivity contribution is 5.75. The van der Waals surface area contributed by atoms with E-state index in [2.05, 4.69) is 22.1 Å². The second-order valence-electron chi connectivity index (χ2n) is 6.97. The maximum Gasteiger partial charge on any atom is 0.333 e. The maximum atomic E-state index is 11.1. The Hall–Kier alpha value is -3.25. The topological polar surface area (TPSA) is 81.5 Å². The number of nitrogens with zero attached hydrogens (tertiary/aromatic N) is 2. The van der Waals surface area contributed by atoms with Crippen LogP contribution in [0.1, 0.15) is 29.3 Å². The van der Waals surface area contributed by atoms with Crippen molar-refractivity contribution in [2.75, 3.05) is 13.7 Å². The van der Waals surface area contributed by atoms with E-state index in [-0.39, 0.29) is 5.92 Å². The number of ether oxygens (including phenoxy) is 2. The molecular weight excluding hydrogens is 368 g/mol. The van der Waals surface area contributed by atoms with E-state index in [1.807, 2.05) is 48.8 Å². The van der Waals surface area contributed by atoms with Crippen molar-refractivity contribution in [3.63, 3.8) is 0 Å². The molecule has 3 aromatic rings. The third-order valence-electron chi connectivity index (χ3n) is 5.21. The molecule has 29 heavy (non-hydrogen) atoms. The van der Waals surface area contributed by atoms with Gasteiger partial charge in [-0.25, -0.2) is 4.79 Å². The minimum Gasteiger partial charge on any atom is -0.494 e. The summed E-state index contributed by atoms with van der Waals surface area (Å²) in [5, 5.41) is 9.09. The van der Waals surface area contributed by atoms with E-state index in [0.29, 0.717) is 13.0 Å². The summed E-state index contributed by atoms with van der Waals surface area (Å²) in [5.74, 6) is -0.0922. The summed E-state index contributed by atoms with van der Waals surface area (Å²) < 4.78 is 10.9. The van der Waals surface area contributed by atoms with Crippen LogP contribution in [0, 0.1) is 0 Å². The zero-order valence-electron chi connectivity index (χ0n) is 16.1. The average Bonchev–Trinajstić information content (AvgIpc) is 3.07. The van der Waals surface area contributed by atoms with Crippen LogP contribution in [0.5, 0.6) is 5.75 Å². The van der Waals surface area contributed by atoms with Crippen LogP contribution >= 0.6 is 0 Å². The highest BCUT2D eigenvalue weighted by atomic mass is 16.5. The van der Waals surface area contributed by atoms with Crippen molar-refractivity contribution in [2.24, 2.45) is 0 Å². The van der Waals surface area contributed by atoms with E-state index in [0.717, 1.165) is 40.2 Å². The molecule has 0 amide bonds. The average molecular weight is 390 g/mol. The summed E-state index contributed by atoms with van der Waals surface area (Å²) in [6, 6.07) is 15.5. The second kappa shape index (κ2) is 8.41. The van der Waals surface area contributed by atoms with Crippen molar-refractivity contribution in [3.8, 4) is 16.9 Å². The fraction of sp³-hybridized carbons (Fsp3) is 0.261. The third kappa shape index (κ3) is 3.98. The monoisotopic (exact) mass is 390 g/mol. The van der Waals surface area contributed by atoms with Crippen LogP contribution in [0.4, 0.5) is 0 Å². The molecule has 0 saturated heterocycles. The first-order valence-corrected chi connectivity index (χ1v) is 9.55. The lowest BCUT2D eigenvalue weighted by atomic mass is 10.0. The lowest BCUT2D eigenvalue weighted by molar-refractivity contribution is -0.148. The van der Waals surface area contributed by atoms with Crippen molar-refractivity contribution in [2.45, 2.75) is 24.9 Å². The molecule has 0 fully saturated rings. The highest BCUT2D eigenvalue weighted by Crippen LogP contribution is 2.43. The second-order valence-corrected chi connectivity index (χ2v) is 6.97. The molecule has 0 aliphatic heterocycles. The first-order chi connectivity index (χ1) is 14.2. The molecule has 0 spiro atoms. The van der Waals surface area contributed by atoms with Crippen LogP contribution < -0.4 is 4.74 Å². The van der Waals surface area contributed by atoms with Crippen LogP contribution in [-0.4, -0.2) is 40.9 Å². The molecule has 148 valence electrons. The van der Waals surface area contributed by atoms with E-state index in [1.165, 1.54) is 7.11 Å². The van der Waals surface area contributed by atoms with Crippen molar-refractivity contribution in [1.82, 2.24) is 9.97 Å². The van der Waals surface area contributed by atoms with Gasteiger partial charge >= 0.3 is 5.97 Å². The molecule has 0 bridgehead atoms. The SMILES string of the molecule is COC(Cc1ccc(OCCC2c3ncccc3-c3cccnc32)cc1)C(=O)O. The van der Waals surface area contributed by atoms with Crippen LogP contribution in [0.15, 0.2) is 60.9 Å². The van der Waals surface area contributed by atoms with Gasteiger partial charge in [0.2, 0.25) is 0 Å². The zero-order chi connectivity index (χ0) is 20.2. The van der Waals surface area contributed by atoms with Gasteiger partial charge in [-0.15, -0.1) is 0 Å². The number of pyridine rings is 2. The smallest absolute Gasteiger partial charge is 0.333 e. The number of aromatic nitrogens is 2. The van der Waals surface area contributed by atoms with E-state index in [9.17, 15) is 4.79 Å². The molecular formula is C23H22N2O4. The van der Waals surface area contributed by atoms with Crippen molar-refractivity contribution in [1.29, 1.82) is 0 Å². The number of carboxylic acid groups (broad SMARTS) is 1. The Kier molecular flexibility index (Phi) is 5.53. The molecule has 2 heterocycles. The number of hydrogen-bond donors (Lipinski definition) is 1. The summed E-state index contributed by atoms with van der Waals surface area (Å²) in [5.41, 5.74) is 5.30. The summed E-state index contributed by atoms with van der Waals surface area (Å²) in [6.07, 6.45) is 3.90. The Bertz CT molecular complexity index is 958. The maximum absolute atomic E-state index is 11.1. The Morgan fingerprint density at radius 1 is 1.03 bits per heavy atom. The first kappa shape index (κ1) is 19.1. The number of methoxy groups -OCH3 is 1. The van der Waals surface area contributed by atoms with Gasteiger partial charge in [0.1, 0.15) is 5.75 Å². The quantitative estimate of drug-likeness (QED) is 0.632. The fourth-order valence-electron chi connectivity index (χ4n) is 3.75. The number of carbonyl (C=O) groups is 1. The molecule has 0 saturated carbocycles. The Morgan fingerprint density at radius 2 is 1.66 bits per heavy atom. The van der Waals surface area contributed by atoms with Gasteiger partial charge in [0.15, 0.2) is 6.10 Å². The van der Waals surface area contributed by atoms with Crippen molar-refractivity contribution in [3.05, 3.63) is 77.9 Å². The van der Waals surface area contributed by atoms with Crippen LogP contribution in [-0.2, 0) is 16.0 Å². The predicted molar refractivity (Wildman–Crippen MR) is 108 cm³/mol. The predicted octanol–water partition coefficient (Wildman–Crippen LogP) is 3.70. The fourth-order valence-corrected chi connectivity index (χ4v) is 3.75. The molecule has 1 aromatic carbocycles. The zero-order valence-corrected chi connectivity index (χ0v) is 16.1. The van der Waals surface area contributed by atoms with Crippen molar-refractivity contribution >= 4 is 5.97 Å². The van der Waals surface area contributed by atoms with Gasteiger partial charge in [-0.2, -0.15) is 0 Å². The molecule has 6 heteroatoms. The van der Waals surface area contributed by atoms with Crippen molar-refractivity contribution < 1.29 is 19.4 Å². The molecule has 4 rings (SSSR count). The van der Waals surface area contributed by atoms with Gasteiger partial charge in [0.05, 0.1) is 18.0 Å². The summed E-state index contributed by atoms with van der Waals surface area (Å²) in [7, 11) is 1.40. The number of rotatable bonds is 8. The molecule has 2 aromatic heterocycles. The van der Waals surface area contributed by atoms with E-state index in [4.69, 9.17) is 14.6 Å². The lowest BCUT2D eigenvalue weighted by Crippen LogP contribution is -2.24. The number of fused-ring (bicyclic) bond motifs is 3. The van der Waals surface area contributed by atoms with E-state index in [1.54, 1.807) is 0 Å².